The van der Waals surface area contributed by atoms with Crippen LogP contribution in [0.2, 0.25) is 0 Å². The Balaban J connectivity index is 1.17. The SMILES string of the molecule is Cn1c(=O)oc2cc(-c3[c]ccc4c3N(c3ccc5c(c3)NC(=O)CO5)C(=O)C(c3ccc5c(n3)NC(=O)CO5)S4)cc(-c3ccc4c(c3)NCCO4)c21. The van der Waals surface area contributed by atoms with Crippen LogP contribution in [0.15, 0.2) is 86.9 Å². The normalized spacial score (nSPS) is 17.1. The highest BCUT2D eigenvalue weighted by Crippen LogP contribution is 2.53. The molecule has 6 heterocycles. The van der Waals surface area contributed by atoms with Gasteiger partial charge in [-0.3, -0.25) is 23.9 Å². The van der Waals surface area contributed by atoms with Gasteiger partial charge in [0.25, 0.3) is 17.7 Å². The molecular weight excluding hydrogens is 713 g/mol. The van der Waals surface area contributed by atoms with Crippen LogP contribution >= 0.6 is 11.8 Å². The van der Waals surface area contributed by atoms with E-state index >= 15 is 0 Å². The summed E-state index contributed by atoms with van der Waals surface area (Å²) in [4.78, 5) is 59.4. The van der Waals surface area contributed by atoms with Crippen LogP contribution in [0.3, 0.4) is 0 Å². The number of anilines is 5. The third-order valence-electron chi connectivity index (χ3n) is 9.60. The Morgan fingerprint density at radius 1 is 0.833 bits per heavy atom. The Morgan fingerprint density at radius 3 is 2.52 bits per heavy atom. The van der Waals surface area contributed by atoms with E-state index in [-0.39, 0.29) is 36.8 Å². The van der Waals surface area contributed by atoms with Gasteiger partial charge in [0.2, 0.25) is 0 Å². The van der Waals surface area contributed by atoms with E-state index in [1.807, 2.05) is 30.3 Å². The molecule has 0 saturated carbocycles. The number of nitrogens with zero attached hydrogens (tertiary/aromatic N) is 3. The Bertz CT molecular complexity index is 2690. The van der Waals surface area contributed by atoms with Crippen LogP contribution in [0, 0.1) is 6.07 Å². The third-order valence-corrected chi connectivity index (χ3v) is 10.9. The molecule has 1 unspecified atom stereocenters. The molecule has 3 N–H and O–H groups in total. The first-order valence-corrected chi connectivity index (χ1v) is 17.9. The van der Waals surface area contributed by atoms with Crippen molar-refractivity contribution in [3.63, 3.8) is 0 Å². The van der Waals surface area contributed by atoms with Crippen molar-refractivity contribution in [3.8, 4) is 39.5 Å². The van der Waals surface area contributed by atoms with E-state index in [0.717, 1.165) is 27.5 Å². The van der Waals surface area contributed by atoms with E-state index in [0.29, 0.717) is 69.6 Å². The Kier molecular flexibility index (Phi) is 7.20. The lowest BCUT2D eigenvalue weighted by Crippen LogP contribution is -2.35. The third kappa shape index (κ3) is 5.15. The summed E-state index contributed by atoms with van der Waals surface area (Å²) < 4.78 is 24.2. The van der Waals surface area contributed by atoms with Crippen LogP contribution in [0.25, 0.3) is 33.4 Å². The largest absolute Gasteiger partial charge is 0.490 e. The van der Waals surface area contributed by atoms with Gasteiger partial charge in [-0.05, 0) is 77.9 Å². The fourth-order valence-electron chi connectivity index (χ4n) is 7.15. The van der Waals surface area contributed by atoms with E-state index < -0.39 is 11.0 Å². The van der Waals surface area contributed by atoms with Crippen molar-refractivity contribution in [2.24, 2.45) is 7.05 Å². The molecule has 4 aliphatic heterocycles. The summed E-state index contributed by atoms with van der Waals surface area (Å²) in [7, 11) is 1.66. The summed E-state index contributed by atoms with van der Waals surface area (Å²) >= 11 is 1.31. The number of fused-ring (bicyclic) bond motifs is 5. The Morgan fingerprint density at radius 2 is 1.63 bits per heavy atom. The lowest BCUT2D eigenvalue weighted by molar-refractivity contribution is -0.119. The molecule has 0 fully saturated rings. The van der Waals surface area contributed by atoms with Gasteiger partial charge in [0.15, 0.2) is 30.4 Å². The molecule has 0 saturated heterocycles. The second-order valence-electron chi connectivity index (χ2n) is 13.0. The summed E-state index contributed by atoms with van der Waals surface area (Å²) in [5.41, 5.74) is 6.38. The summed E-state index contributed by atoms with van der Waals surface area (Å²) in [5, 5.41) is 8.11. The molecule has 3 amide bonds. The Hall–Kier alpha value is -6.74. The highest BCUT2D eigenvalue weighted by Gasteiger charge is 2.39. The molecule has 267 valence electrons. The quantitative estimate of drug-likeness (QED) is 0.205. The number of benzene rings is 4. The fourth-order valence-corrected chi connectivity index (χ4v) is 8.31. The van der Waals surface area contributed by atoms with Crippen LogP contribution in [-0.4, -0.2) is 53.6 Å². The minimum Gasteiger partial charge on any atom is -0.490 e. The summed E-state index contributed by atoms with van der Waals surface area (Å²) in [5.74, 6) is 0.343. The standard InChI is InChI=1S/C39H27N6O8S/c1-44-34-23(19-5-8-27-25(14-19)40-11-12-50-27)13-20(15-30(34)53-39(44)49)22-3-2-4-31-35(22)45(21-6-9-28-26(16-21)41-32(46)17-51-28)38(48)36(54-31)24-7-10-29-37(42-24)43-33(47)18-52-29/h2,4-10,13-16,36,40H,11-12,17-18H2,1H3,(H,41,46)(H,42,43,47). The van der Waals surface area contributed by atoms with E-state index in [2.05, 4.69) is 27.0 Å². The zero-order chi connectivity index (χ0) is 36.7. The van der Waals surface area contributed by atoms with E-state index in [1.54, 1.807) is 54.4 Å². The first-order valence-electron chi connectivity index (χ1n) is 17.0. The number of oxazole rings is 1. The monoisotopic (exact) mass is 739 g/mol. The molecule has 15 heteroatoms. The predicted molar refractivity (Wildman–Crippen MR) is 200 cm³/mol. The van der Waals surface area contributed by atoms with E-state index in [9.17, 15) is 19.2 Å². The number of hydrogen-bond donors (Lipinski definition) is 3. The summed E-state index contributed by atoms with van der Waals surface area (Å²) in [6.07, 6.45) is 0. The smallest absolute Gasteiger partial charge is 0.419 e. The number of amides is 3. The zero-order valence-corrected chi connectivity index (χ0v) is 29.2. The number of rotatable bonds is 4. The van der Waals surface area contributed by atoms with Gasteiger partial charge in [0, 0.05) is 29.6 Å². The number of carbonyl (C=O) groups excluding carboxylic acids is 3. The van der Waals surface area contributed by atoms with Gasteiger partial charge in [0.05, 0.1) is 34.0 Å². The Labute approximate surface area is 310 Å². The van der Waals surface area contributed by atoms with Crippen molar-refractivity contribution in [2.45, 2.75) is 10.1 Å². The highest BCUT2D eigenvalue weighted by molar-refractivity contribution is 8.00. The number of pyridine rings is 1. The van der Waals surface area contributed by atoms with Gasteiger partial charge in [0.1, 0.15) is 23.4 Å². The van der Waals surface area contributed by atoms with Crippen LogP contribution in [-0.2, 0) is 21.4 Å². The first-order chi connectivity index (χ1) is 26.3. The molecule has 4 aliphatic rings. The number of ether oxygens (including phenoxy) is 3. The van der Waals surface area contributed by atoms with E-state index in [1.165, 1.54) is 16.3 Å². The van der Waals surface area contributed by atoms with Crippen molar-refractivity contribution < 1.29 is 33.0 Å². The fraction of sp³-hybridized carbons (Fsp3) is 0.154. The zero-order valence-electron chi connectivity index (χ0n) is 28.3. The number of carbonyl (C=O) groups is 3. The second kappa shape index (κ2) is 12.2. The lowest BCUT2D eigenvalue weighted by Gasteiger charge is -2.36. The van der Waals surface area contributed by atoms with Crippen LogP contribution < -0.4 is 40.8 Å². The molecule has 1 radical (unpaired) electrons. The van der Waals surface area contributed by atoms with Crippen molar-refractivity contribution in [2.75, 3.05) is 47.2 Å². The number of aromatic nitrogens is 2. The van der Waals surface area contributed by atoms with Gasteiger partial charge in [-0.15, -0.1) is 11.8 Å². The van der Waals surface area contributed by atoms with Crippen molar-refractivity contribution >= 4 is 69.2 Å². The second-order valence-corrected chi connectivity index (χ2v) is 14.1. The maximum atomic E-state index is 15.0. The summed E-state index contributed by atoms with van der Waals surface area (Å²) in [6.45, 7) is 0.976. The number of thioether (sulfide) groups is 1. The molecule has 1 atom stereocenters. The molecular formula is C39H27N6O8S. The van der Waals surface area contributed by atoms with Gasteiger partial charge in [-0.25, -0.2) is 9.78 Å². The number of aryl methyl sites for hydroxylation is 1. The maximum absolute atomic E-state index is 15.0. The van der Waals surface area contributed by atoms with Gasteiger partial charge in [-0.2, -0.15) is 0 Å². The topological polar surface area (TPSA) is 166 Å². The number of hydrogen-bond acceptors (Lipinski definition) is 11. The molecule has 6 aromatic rings. The maximum Gasteiger partial charge on any atom is 0.419 e. The van der Waals surface area contributed by atoms with Gasteiger partial charge < -0.3 is 34.6 Å². The molecule has 0 spiro atoms. The van der Waals surface area contributed by atoms with Crippen LogP contribution in [0.4, 0.5) is 28.6 Å². The van der Waals surface area contributed by atoms with Crippen LogP contribution in [0.5, 0.6) is 17.2 Å². The van der Waals surface area contributed by atoms with Crippen molar-refractivity contribution in [1.29, 1.82) is 0 Å². The van der Waals surface area contributed by atoms with Gasteiger partial charge in [-0.1, -0.05) is 12.1 Å². The molecule has 4 aromatic carbocycles. The minimum absolute atomic E-state index is 0.117. The predicted octanol–water partition coefficient (Wildman–Crippen LogP) is 5.64. The average molecular weight is 740 g/mol. The summed E-state index contributed by atoms with van der Waals surface area (Å²) in [6, 6.07) is 25.1. The molecule has 0 aliphatic carbocycles. The lowest BCUT2D eigenvalue weighted by atomic mass is 9.95. The average Bonchev–Trinajstić information content (AvgIpc) is 3.48. The minimum atomic E-state index is -0.839. The molecule has 54 heavy (non-hydrogen) atoms. The molecule has 2 aromatic heterocycles. The highest BCUT2D eigenvalue weighted by atomic mass is 32.2. The molecule has 0 bridgehead atoms. The number of nitrogens with one attached hydrogen (secondary N) is 3. The van der Waals surface area contributed by atoms with E-state index in [4.69, 9.17) is 18.6 Å². The molecule has 14 nitrogen and oxygen atoms in total. The van der Waals surface area contributed by atoms with Gasteiger partial charge >= 0.3 is 5.76 Å². The molecule has 10 rings (SSSR count). The first kappa shape index (κ1) is 32.0. The van der Waals surface area contributed by atoms with Crippen LogP contribution in [0.1, 0.15) is 10.9 Å². The van der Waals surface area contributed by atoms with Crippen molar-refractivity contribution in [3.05, 3.63) is 95.1 Å². The van der Waals surface area contributed by atoms with Crippen molar-refractivity contribution in [1.82, 2.24) is 9.55 Å².